The van der Waals surface area contributed by atoms with Crippen molar-refractivity contribution in [2.24, 2.45) is 0 Å². The first-order chi connectivity index (χ1) is 12.1. The highest BCUT2D eigenvalue weighted by Gasteiger charge is 2.24. The maximum Gasteiger partial charge on any atom is 0.369 e. The third-order valence-corrected chi connectivity index (χ3v) is 4.25. The number of carbonyl (C=O) groups excluding carboxylic acids is 1. The van der Waals surface area contributed by atoms with Crippen LogP contribution in [-0.4, -0.2) is 25.6 Å². The Kier molecular flexibility index (Phi) is 5.12. The summed E-state index contributed by atoms with van der Waals surface area (Å²) in [5, 5.41) is 8.78. The van der Waals surface area contributed by atoms with Gasteiger partial charge in [-0.15, -0.1) is 0 Å². The maximum absolute atomic E-state index is 12.9. The van der Waals surface area contributed by atoms with E-state index in [4.69, 9.17) is 5.10 Å². The predicted octanol–water partition coefficient (Wildman–Crippen LogP) is 4.26. The highest BCUT2D eigenvalue weighted by atomic mass is 16.2. The van der Waals surface area contributed by atoms with E-state index < -0.39 is 0 Å². The minimum absolute atomic E-state index is 0.207. The molecule has 5 nitrogen and oxygen atoms in total. The van der Waals surface area contributed by atoms with E-state index in [2.05, 4.69) is 38.0 Å². The predicted molar refractivity (Wildman–Crippen MR) is 98.0 cm³/mol. The van der Waals surface area contributed by atoms with E-state index in [1.807, 2.05) is 18.2 Å². The summed E-state index contributed by atoms with van der Waals surface area (Å²) in [7, 11) is 0. The largest absolute Gasteiger partial charge is 0.369 e. The zero-order valence-corrected chi connectivity index (χ0v) is 15.0. The normalized spacial score (nSPS) is 11.2. The summed E-state index contributed by atoms with van der Waals surface area (Å²) < 4.78 is 2.88. The van der Waals surface area contributed by atoms with Crippen LogP contribution in [0.5, 0.6) is 0 Å². The third-order valence-electron chi connectivity index (χ3n) is 4.25. The SMILES string of the molecule is CCCc1c(Cc2ccccc2)nn(C(=O)n2cccn2)c1C(C)C. The van der Waals surface area contributed by atoms with Crippen LogP contribution >= 0.6 is 0 Å². The molecule has 0 amide bonds. The van der Waals surface area contributed by atoms with Gasteiger partial charge in [-0.1, -0.05) is 57.5 Å². The van der Waals surface area contributed by atoms with Crippen molar-refractivity contribution in [1.82, 2.24) is 19.6 Å². The molecule has 0 bridgehead atoms. The van der Waals surface area contributed by atoms with Gasteiger partial charge in [0.15, 0.2) is 0 Å². The molecule has 3 aromatic rings. The Morgan fingerprint density at radius 3 is 2.52 bits per heavy atom. The Bertz CT molecular complexity index is 832. The first kappa shape index (κ1) is 17.1. The minimum Gasteiger partial charge on any atom is -0.244 e. The molecule has 0 saturated heterocycles. The molecule has 2 heterocycles. The summed E-state index contributed by atoms with van der Waals surface area (Å²) in [4.78, 5) is 12.9. The summed E-state index contributed by atoms with van der Waals surface area (Å²) in [6.07, 6.45) is 5.93. The Labute approximate surface area is 148 Å². The van der Waals surface area contributed by atoms with Gasteiger partial charge in [-0.3, -0.25) is 0 Å². The maximum atomic E-state index is 12.9. The van der Waals surface area contributed by atoms with Gasteiger partial charge < -0.3 is 0 Å². The average Bonchev–Trinajstić information content (AvgIpc) is 3.24. The molecule has 1 aromatic carbocycles. The van der Waals surface area contributed by atoms with Gasteiger partial charge in [0.1, 0.15) is 0 Å². The fourth-order valence-electron chi connectivity index (χ4n) is 3.18. The number of rotatable bonds is 5. The fourth-order valence-corrected chi connectivity index (χ4v) is 3.18. The summed E-state index contributed by atoms with van der Waals surface area (Å²) in [6, 6.07) is 11.8. The van der Waals surface area contributed by atoms with E-state index in [1.54, 1.807) is 23.1 Å². The molecule has 130 valence electrons. The second kappa shape index (κ2) is 7.47. The van der Waals surface area contributed by atoms with Crippen molar-refractivity contribution in [3.63, 3.8) is 0 Å². The summed E-state index contributed by atoms with van der Waals surface area (Å²) in [6.45, 7) is 6.37. The minimum atomic E-state index is -0.231. The summed E-state index contributed by atoms with van der Waals surface area (Å²) in [5.74, 6) is 0.207. The lowest BCUT2D eigenvalue weighted by Crippen LogP contribution is -2.24. The van der Waals surface area contributed by atoms with E-state index in [0.29, 0.717) is 0 Å². The smallest absolute Gasteiger partial charge is 0.244 e. The average molecular weight is 336 g/mol. The van der Waals surface area contributed by atoms with E-state index in [9.17, 15) is 4.79 Å². The first-order valence-electron chi connectivity index (χ1n) is 8.80. The molecule has 0 saturated carbocycles. The van der Waals surface area contributed by atoms with Crippen LogP contribution in [0, 0.1) is 0 Å². The molecule has 0 aliphatic heterocycles. The topological polar surface area (TPSA) is 52.7 Å². The summed E-state index contributed by atoms with van der Waals surface area (Å²) >= 11 is 0. The van der Waals surface area contributed by atoms with Crippen LogP contribution in [0.25, 0.3) is 0 Å². The highest BCUT2D eigenvalue weighted by Crippen LogP contribution is 2.26. The molecule has 0 fully saturated rings. The van der Waals surface area contributed by atoms with Crippen LogP contribution in [0.15, 0.2) is 48.8 Å². The Hall–Kier alpha value is -2.69. The van der Waals surface area contributed by atoms with Gasteiger partial charge in [0.2, 0.25) is 0 Å². The molecular weight excluding hydrogens is 312 g/mol. The number of hydrogen-bond donors (Lipinski definition) is 0. The number of carbonyl (C=O) groups is 1. The van der Waals surface area contributed by atoms with Crippen LogP contribution in [-0.2, 0) is 12.8 Å². The zero-order chi connectivity index (χ0) is 17.8. The van der Waals surface area contributed by atoms with Crippen molar-refractivity contribution in [2.75, 3.05) is 0 Å². The van der Waals surface area contributed by atoms with Gasteiger partial charge >= 0.3 is 6.03 Å². The molecule has 0 unspecified atom stereocenters. The van der Waals surface area contributed by atoms with Crippen LogP contribution in [0.2, 0.25) is 0 Å². The standard InChI is InChI=1S/C20H24N4O/c1-4-9-17-18(14-16-10-6-5-7-11-16)22-24(19(17)15(2)3)20(25)23-13-8-12-21-23/h5-8,10-13,15H,4,9,14H2,1-3H3. The molecule has 0 aliphatic carbocycles. The molecule has 0 spiro atoms. The number of aromatic nitrogens is 4. The molecule has 0 aliphatic rings. The van der Waals surface area contributed by atoms with E-state index in [0.717, 1.165) is 30.7 Å². The van der Waals surface area contributed by atoms with E-state index >= 15 is 0 Å². The lowest BCUT2D eigenvalue weighted by Gasteiger charge is -2.11. The Balaban J connectivity index is 2.08. The second-order valence-electron chi connectivity index (χ2n) is 6.52. The Morgan fingerprint density at radius 1 is 1.16 bits per heavy atom. The number of hydrogen-bond acceptors (Lipinski definition) is 3. The molecule has 0 radical (unpaired) electrons. The second-order valence-corrected chi connectivity index (χ2v) is 6.52. The monoisotopic (exact) mass is 336 g/mol. The zero-order valence-electron chi connectivity index (χ0n) is 15.0. The van der Waals surface area contributed by atoms with Crippen molar-refractivity contribution >= 4 is 6.03 Å². The van der Waals surface area contributed by atoms with Crippen LogP contribution in [0.3, 0.4) is 0 Å². The number of benzene rings is 1. The number of nitrogens with zero attached hydrogens (tertiary/aromatic N) is 4. The lowest BCUT2D eigenvalue weighted by atomic mass is 9.97. The Morgan fingerprint density at radius 2 is 1.92 bits per heavy atom. The first-order valence-corrected chi connectivity index (χ1v) is 8.80. The van der Waals surface area contributed by atoms with E-state index in [1.165, 1.54) is 15.8 Å². The molecule has 3 rings (SSSR count). The van der Waals surface area contributed by atoms with Crippen LogP contribution < -0.4 is 0 Å². The highest BCUT2D eigenvalue weighted by molar-refractivity contribution is 5.78. The van der Waals surface area contributed by atoms with E-state index in [-0.39, 0.29) is 11.9 Å². The lowest BCUT2D eigenvalue weighted by molar-refractivity contribution is 0.237. The van der Waals surface area contributed by atoms with Crippen molar-refractivity contribution in [3.8, 4) is 0 Å². The molecular formula is C20H24N4O. The van der Waals surface area contributed by atoms with Crippen molar-refractivity contribution in [2.45, 2.75) is 46.0 Å². The van der Waals surface area contributed by atoms with Crippen LogP contribution in [0.1, 0.15) is 55.6 Å². The van der Waals surface area contributed by atoms with Gasteiger partial charge in [-0.05, 0) is 29.5 Å². The third kappa shape index (κ3) is 3.55. The van der Waals surface area contributed by atoms with Crippen molar-refractivity contribution in [3.05, 3.63) is 71.3 Å². The van der Waals surface area contributed by atoms with Crippen molar-refractivity contribution < 1.29 is 4.79 Å². The molecule has 25 heavy (non-hydrogen) atoms. The quantitative estimate of drug-likeness (QED) is 0.699. The molecule has 0 atom stereocenters. The van der Waals surface area contributed by atoms with Gasteiger partial charge in [0.05, 0.1) is 11.4 Å². The van der Waals surface area contributed by atoms with Crippen LogP contribution in [0.4, 0.5) is 4.79 Å². The molecule has 2 aromatic heterocycles. The molecule has 5 heteroatoms. The van der Waals surface area contributed by atoms with Gasteiger partial charge in [0.25, 0.3) is 0 Å². The summed E-state index contributed by atoms with van der Waals surface area (Å²) in [5.41, 5.74) is 4.37. The van der Waals surface area contributed by atoms with Gasteiger partial charge in [-0.25, -0.2) is 4.79 Å². The van der Waals surface area contributed by atoms with Gasteiger partial charge in [-0.2, -0.15) is 19.6 Å². The van der Waals surface area contributed by atoms with Gasteiger partial charge in [0, 0.05) is 18.8 Å². The molecule has 0 N–H and O–H groups in total. The fraction of sp³-hybridized carbons (Fsp3) is 0.350. The van der Waals surface area contributed by atoms with Crippen molar-refractivity contribution in [1.29, 1.82) is 0 Å².